The molecule has 0 aliphatic rings. The highest BCUT2D eigenvalue weighted by molar-refractivity contribution is 8.04. The third-order valence-electron chi connectivity index (χ3n) is 2.07. The molecule has 0 spiro atoms. The highest BCUT2D eigenvalue weighted by atomic mass is 32.2. The average molecular weight is 200 g/mol. The Kier molecular flexibility index (Phi) is 2.30. The van der Waals surface area contributed by atoms with Crippen LogP contribution in [0.2, 0.25) is 0 Å². The lowest BCUT2D eigenvalue weighted by molar-refractivity contribution is 1.53. The first kappa shape index (κ1) is 8.92. The van der Waals surface area contributed by atoms with Gasteiger partial charge in [-0.15, -0.1) is 0 Å². The molecule has 68 valence electrons. The number of fused-ring (bicyclic) bond motifs is 1. The summed E-state index contributed by atoms with van der Waals surface area (Å²) in [4.78, 5) is 0.956. The topological polar surface area (TPSA) is 49.8 Å². The SMILES string of the molecule is N#CSc1ccc(N)c2ccccc12. The van der Waals surface area contributed by atoms with Gasteiger partial charge >= 0.3 is 0 Å². The van der Waals surface area contributed by atoms with Gasteiger partial charge in [-0.3, -0.25) is 0 Å². The van der Waals surface area contributed by atoms with Crippen LogP contribution in [-0.2, 0) is 0 Å². The number of nitrogens with zero attached hydrogens (tertiary/aromatic N) is 1. The number of nitriles is 1. The van der Waals surface area contributed by atoms with Gasteiger partial charge in [-0.05, 0) is 29.3 Å². The van der Waals surface area contributed by atoms with E-state index in [4.69, 9.17) is 11.0 Å². The fourth-order valence-electron chi connectivity index (χ4n) is 1.43. The zero-order valence-electron chi connectivity index (χ0n) is 7.40. The average Bonchev–Trinajstić information content (AvgIpc) is 2.23. The van der Waals surface area contributed by atoms with E-state index in [9.17, 15) is 0 Å². The number of nitrogens with two attached hydrogens (primary N) is 1. The monoisotopic (exact) mass is 200 g/mol. The van der Waals surface area contributed by atoms with Gasteiger partial charge in [-0.1, -0.05) is 24.3 Å². The third kappa shape index (κ3) is 1.40. The van der Waals surface area contributed by atoms with Gasteiger partial charge in [0.15, 0.2) is 0 Å². The molecule has 0 radical (unpaired) electrons. The number of anilines is 1. The molecule has 0 bridgehead atoms. The number of rotatable bonds is 1. The highest BCUT2D eigenvalue weighted by Crippen LogP contribution is 2.30. The van der Waals surface area contributed by atoms with Crippen molar-refractivity contribution < 1.29 is 0 Å². The molecule has 0 saturated carbocycles. The minimum atomic E-state index is 0.753. The predicted molar refractivity (Wildman–Crippen MR) is 59.8 cm³/mol. The first-order valence-electron chi connectivity index (χ1n) is 4.16. The quantitative estimate of drug-likeness (QED) is 0.437. The third-order valence-corrected chi connectivity index (χ3v) is 2.74. The molecule has 2 aromatic rings. The van der Waals surface area contributed by atoms with Crippen LogP contribution in [0.25, 0.3) is 10.8 Å². The van der Waals surface area contributed by atoms with Gasteiger partial charge in [0.25, 0.3) is 0 Å². The molecule has 0 aliphatic carbocycles. The predicted octanol–water partition coefficient (Wildman–Crippen LogP) is 3.00. The van der Waals surface area contributed by atoms with Gasteiger partial charge < -0.3 is 5.73 Å². The summed E-state index contributed by atoms with van der Waals surface area (Å²) < 4.78 is 0. The molecule has 2 aromatic carbocycles. The van der Waals surface area contributed by atoms with Gasteiger partial charge in [-0.25, -0.2) is 0 Å². The van der Waals surface area contributed by atoms with Crippen molar-refractivity contribution in [3.8, 4) is 5.40 Å². The molecule has 3 heteroatoms. The summed E-state index contributed by atoms with van der Waals surface area (Å²) in [5.74, 6) is 0. The molecule has 2 N–H and O–H groups in total. The van der Waals surface area contributed by atoms with E-state index >= 15 is 0 Å². The van der Waals surface area contributed by atoms with E-state index in [2.05, 4.69) is 5.40 Å². The van der Waals surface area contributed by atoms with E-state index in [1.807, 2.05) is 36.4 Å². The van der Waals surface area contributed by atoms with Crippen LogP contribution < -0.4 is 5.73 Å². The summed E-state index contributed by atoms with van der Waals surface area (Å²) in [5.41, 5.74) is 6.58. The second-order valence-electron chi connectivity index (χ2n) is 2.89. The Hall–Kier alpha value is -1.66. The molecular weight excluding hydrogens is 192 g/mol. The Balaban J connectivity index is 2.76. The maximum absolute atomic E-state index is 8.63. The molecule has 0 aromatic heterocycles. The van der Waals surface area contributed by atoms with E-state index < -0.39 is 0 Å². The van der Waals surface area contributed by atoms with Gasteiger partial charge in [0.1, 0.15) is 5.40 Å². The zero-order chi connectivity index (χ0) is 9.97. The number of benzene rings is 2. The van der Waals surface area contributed by atoms with E-state index in [-0.39, 0.29) is 0 Å². The Bertz CT molecular complexity index is 514. The second-order valence-corrected chi connectivity index (χ2v) is 3.72. The molecule has 2 rings (SSSR count). The van der Waals surface area contributed by atoms with E-state index in [0.717, 1.165) is 33.1 Å². The summed E-state index contributed by atoms with van der Waals surface area (Å²) >= 11 is 1.16. The minimum Gasteiger partial charge on any atom is -0.398 e. The Morgan fingerprint density at radius 2 is 1.79 bits per heavy atom. The van der Waals surface area contributed by atoms with Crippen molar-refractivity contribution in [1.29, 1.82) is 5.26 Å². The summed E-state index contributed by atoms with van der Waals surface area (Å²) in [6.07, 6.45) is 0. The number of hydrogen-bond acceptors (Lipinski definition) is 3. The van der Waals surface area contributed by atoms with E-state index in [1.54, 1.807) is 0 Å². The molecule has 0 saturated heterocycles. The Morgan fingerprint density at radius 3 is 2.50 bits per heavy atom. The van der Waals surface area contributed by atoms with Crippen LogP contribution in [0.4, 0.5) is 5.69 Å². The van der Waals surface area contributed by atoms with E-state index in [1.165, 1.54) is 0 Å². The zero-order valence-corrected chi connectivity index (χ0v) is 8.21. The molecular formula is C11H8N2S. The lowest BCUT2D eigenvalue weighted by atomic mass is 10.1. The standard InChI is InChI=1S/C11H8N2S/c12-7-14-11-6-5-10(13)8-3-1-2-4-9(8)11/h1-6H,13H2. The van der Waals surface area contributed by atoms with Crippen LogP contribution in [0, 0.1) is 10.7 Å². The first-order chi connectivity index (χ1) is 6.83. The van der Waals surface area contributed by atoms with E-state index in [0.29, 0.717) is 0 Å². The molecule has 2 nitrogen and oxygen atoms in total. The lowest BCUT2D eigenvalue weighted by Crippen LogP contribution is -1.87. The maximum Gasteiger partial charge on any atom is 0.138 e. The lowest BCUT2D eigenvalue weighted by Gasteiger charge is -2.04. The van der Waals surface area contributed by atoms with Crippen molar-refractivity contribution >= 4 is 28.2 Å². The molecule has 0 unspecified atom stereocenters. The van der Waals surface area contributed by atoms with Crippen molar-refractivity contribution in [2.24, 2.45) is 0 Å². The molecule has 0 fully saturated rings. The largest absolute Gasteiger partial charge is 0.398 e. The van der Waals surface area contributed by atoms with Crippen molar-refractivity contribution in [2.45, 2.75) is 4.90 Å². The van der Waals surface area contributed by atoms with Crippen LogP contribution in [0.15, 0.2) is 41.3 Å². The molecule has 0 amide bonds. The van der Waals surface area contributed by atoms with Crippen LogP contribution in [-0.4, -0.2) is 0 Å². The van der Waals surface area contributed by atoms with Gasteiger partial charge in [0.2, 0.25) is 0 Å². The molecule has 0 aliphatic heterocycles. The molecule has 0 heterocycles. The van der Waals surface area contributed by atoms with Crippen molar-refractivity contribution in [3.63, 3.8) is 0 Å². The number of thioether (sulfide) groups is 1. The van der Waals surface area contributed by atoms with Crippen molar-refractivity contribution in [1.82, 2.24) is 0 Å². The van der Waals surface area contributed by atoms with Crippen LogP contribution in [0.1, 0.15) is 0 Å². The second kappa shape index (κ2) is 3.60. The number of hydrogen-bond donors (Lipinski definition) is 1. The van der Waals surface area contributed by atoms with Crippen LogP contribution in [0.3, 0.4) is 0 Å². The minimum absolute atomic E-state index is 0.753. The van der Waals surface area contributed by atoms with Crippen molar-refractivity contribution in [3.05, 3.63) is 36.4 Å². The van der Waals surface area contributed by atoms with Crippen LogP contribution >= 0.6 is 11.8 Å². The van der Waals surface area contributed by atoms with Crippen molar-refractivity contribution in [2.75, 3.05) is 5.73 Å². The van der Waals surface area contributed by atoms with Gasteiger partial charge in [0.05, 0.1) is 0 Å². The van der Waals surface area contributed by atoms with Gasteiger partial charge in [0, 0.05) is 16.0 Å². The Labute approximate surface area is 86.3 Å². The van der Waals surface area contributed by atoms with Gasteiger partial charge in [-0.2, -0.15) is 5.26 Å². The number of nitrogen functional groups attached to an aromatic ring is 1. The first-order valence-corrected chi connectivity index (χ1v) is 4.98. The Morgan fingerprint density at radius 1 is 1.07 bits per heavy atom. The summed E-state index contributed by atoms with van der Waals surface area (Å²) in [6.45, 7) is 0. The summed E-state index contributed by atoms with van der Waals surface area (Å²) in [5, 5.41) is 12.7. The normalized spacial score (nSPS) is 9.93. The highest BCUT2D eigenvalue weighted by Gasteiger charge is 2.02. The molecule has 14 heavy (non-hydrogen) atoms. The summed E-state index contributed by atoms with van der Waals surface area (Å²) in [6, 6.07) is 11.5. The molecule has 0 atom stereocenters. The maximum atomic E-state index is 8.63. The fourth-order valence-corrected chi connectivity index (χ4v) is 1.96. The summed E-state index contributed by atoms with van der Waals surface area (Å²) in [7, 11) is 0. The van der Waals surface area contributed by atoms with Crippen LogP contribution in [0.5, 0.6) is 0 Å². The fraction of sp³-hybridized carbons (Fsp3) is 0. The number of thiocyanates is 1. The smallest absolute Gasteiger partial charge is 0.138 e.